The number of benzene rings is 2. The molecule has 0 aliphatic rings. The summed E-state index contributed by atoms with van der Waals surface area (Å²) in [6.07, 6.45) is 1.59. The molecule has 3 rings (SSSR count). The summed E-state index contributed by atoms with van der Waals surface area (Å²) in [4.78, 5) is 29.9. The smallest absolute Gasteiger partial charge is 0.255 e. The molecule has 0 radical (unpaired) electrons. The summed E-state index contributed by atoms with van der Waals surface area (Å²) in [7, 11) is 3.97. The second-order valence-electron chi connectivity index (χ2n) is 6.71. The zero-order valence-corrected chi connectivity index (χ0v) is 16.6. The van der Waals surface area contributed by atoms with Gasteiger partial charge in [0.15, 0.2) is 0 Å². The fourth-order valence-electron chi connectivity index (χ4n) is 2.67. The quantitative estimate of drug-likeness (QED) is 0.591. The van der Waals surface area contributed by atoms with E-state index >= 15 is 0 Å². The Hall–Kier alpha value is -3.87. The predicted molar refractivity (Wildman–Crippen MR) is 117 cm³/mol. The third kappa shape index (κ3) is 5.55. The number of carbonyl (C=O) groups is 2. The fraction of sp³-hybridized carbons (Fsp3) is 0.136. The van der Waals surface area contributed by atoms with Crippen molar-refractivity contribution in [3.8, 4) is 0 Å². The first-order valence-electron chi connectivity index (χ1n) is 9.10. The first-order chi connectivity index (χ1) is 13.9. The minimum Gasteiger partial charge on any atom is -0.378 e. The Kier molecular flexibility index (Phi) is 6.09. The van der Waals surface area contributed by atoms with Gasteiger partial charge in [0.2, 0.25) is 5.91 Å². The van der Waals surface area contributed by atoms with Crippen LogP contribution in [0.5, 0.6) is 0 Å². The highest BCUT2D eigenvalue weighted by molar-refractivity contribution is 6.04. The summed E-state index contributed by atoms with van der Waals surface area (Å²) in [5, 5.41) is 8.73. The number of anilines is 5. The Bertz CT molecular complexity index is 998. The average Bonchev–Trinajstić information content (AvgIpc) is 2.70. The molecule has 0 fully saturated rings. The highest BCUT2D eigenvalue weighted by atomic mass is 16.2. The third-order valence-electron chi connectivity index (χ3n) is 4.14. The van der Waals surface area contributed by atoms with Crippen LogP contribution in [0.25, 0.3) is 0 Å². The van der Waals surface area contributed by atoms with E-state index < -0.39 is 0 Å². The van der Waals surface area contributed by atoms with Crippen molar-refractivity contribution >= 4 is 40.4 Å². The number of carbonyl (C=O) groups excluding carboxylic acids is 2. The first kappa shape index (κ1) is 19.9. The van der Waals surface area contributed by atoms with Crippen LogP contribution in [0, 0.1) is 0 Å². The van der Waals surface area contributed by atoms with Crippen LogP contribution in [-0.4, -0.2) is 30.9 Å². The Morgan fingerprint density at radius 3 is 2.00 bits per heavy atom. The van der Waals surface area contributed by atoms with Gasteiger partial charge in [-0.3, -0.25) is 9.59 Å². The Morgan fingerprint density at radius 2 is 1.41 bits per heavy atom. The zero-order chi connectivity index (χ0) is 20.8. The van der Waals surface area contributed by atoms with Crippen molar-refractivity contribution in [2.45, 2.75) is 6.92 Å². The number of amides is 2. The van der Waals surface area contributed by atoms with E-state index in [0.717, 1.165) is 11.4 Å². The molecule has 7 nitrogen and oxygen atoms in total. The van der Waals surface area contributed by atoms with Crippen molar-refractivity contribution in [1.29, 1.82) is 0 Å². The molecule has 3 aromatic rings. The molecular formula is C22H23N5O2. The van der Waals surface area contributed by atoms with E-state index in [2.05, 4.69) is 20.9 Å². The summed E-state index contributed by atoms with van der Waals surface area (Å²) < 4.78 is 0. The summed E-state index contributed by atoms with van der Waals surface area (Å²) >= 11 is 0. The van der Waals surface area contributed by atoms with Crippen LogP contribution in [0.3, 0.4) is 0 Å². The number of aromatic nitrogens is 1. The second kappa shape index (κ2) is 8.88. The number of pyridine rings is 1. The topological polar surface area (TPSA) is 86.4 Å². The van der Waals surface area contributed by atoms with Crippen molar-refractivity contribution in [3.63, 3.8) is 0 Å². The zero-order valence-electron chi connectivity index (χ0n) is 16.6. The van der Waals surface area contributed by atoms with Crippen LogP contribution < -0.4 is 20.9 Å². The number of hydrogen-bond donors (Lipinski definition) is 3. The van der Waals surface area contributed by atoms with E-state index in [4.69, 9.17) is 0 Å². The highest BCUT2D eigenvalue weighted by Gasteiger charge is 2.08. The lowest BCUT2D eigenvalue weighted by atomic mass is 10.2. The van der Waals surface area contributed by atoms with E-state index in [-0.39, 0.29) is 11.8 Å². The van der Waals surface area contributed by atoms with E-state index in [1.807, 2.05) is 43.3 Å². The first-order valence-corrected chi connectivity index (χ1v) is 9.10. The molecule has 0 saturated heterocycles. The SMILES string of the molecule is CC(=O)Nc1ccc(NC(=O)c2ccnc(Nc3ccc(N(C)C)cc3)c2)cc1. The third-order valence-corrected chi connectivity index (χ3v) is 4.14. The molecule has 0 spiro atoms. The number of nitrogens with zero attached hydrogens (tertiary/aromatic N) is 2. The summed E-state index contributed by atoms with van der Waals surface area (Å²) in [6.45, 7) is 1.45. The minimum absolute atomic E-state index is 0.144. The maximum Gasteiger partial charge on any atom is 0.255 e. The maximum absolute atomic E-state index is 12.6. The van der Waals surface area contributed by atoms with Gasteiger partial charge in [-0.1, -0.05) is 0 Å². The van der Waals surface area contributed by atoms with Crippen molar-refractivity contribution in [1.82, 2.24) is 4.98 Å². The van der Waals surface area contributed by atoms with Crippen LogP contribution in [0.2, 0.25) is 0 Å². The van der Waals surface area contributed by atoms with E-state index in [1.54, 1.807) is 42.6 Å². The Labute approximate surface area is 169 Å². The highest BCUT2D eigenvalue weighted by Crippen LogP contribution is 2.20. The summed E-state index contributed by atoms with van der Waals surface area (Å²) in [6, 6.07) is 18.2. The standard InChI is InChI=1S/C22H23N5O2/c1-15(28)24-17-4-6-19(7-5-17)26-22(29)16-12-13-23-21(14-16)25-18-8-10-20(11-9-18)27(2)3/h4-14H,1-3H3,(H,23,25)(H,24,28)(H,26,29). The van der Waals surface area contributed by atoms with E-state index in [9.17, 15) is 9.59 Å². The number of rotatable bonds is 6. The van der Waals surface area contributed by atoms with Crippen molar-refractivity contribution in [2.75, 3.05) is 34.9 Å². The van der Waals surface area contributed by atoms with Crippen molar-refractivity contribution in [3.05, 3.63) is 72.4 Å². The lowest BCUT2D eigenvalue weighted by Gasteiger charge is -2.13. The molecule has 0 aliphatic heterocycles. The monoisotopic (exact) mass is 389 g/mol. The van der Waals surface area contributed by atoms with Crippen LogP contribution in [0.4, 0.5) is 28.6 Å². The molecule has 0 aliphatic carbocycles. The van der Waals surface area contributed by atoms with Gasteiger partial charge in [-0.2, -0.15) is 0 Å². The van der Waals surface area contributed by atoms with Gasteiger partial charge in [0.25, 0.3) is 5.91 Å². The molecule has 0 saturated carbocycles. The van der Waals surface area contributed by atoms with Crippen LogP contribution in [0.1, 0.15) is 17.3 Å². The predicted octanol–water partition coefficient (Wildman–Crippen LogP) is 4.10. The molecule has 2 amide bonds. The van der Waals surface area contributed by atoms with Crippen molar-refractivity contribution < 1.29 is 9.59 Å². The van der Waals surface area contributed by atoms with Gasteiger partial charge in [0.05, 0.1) is 0 Å². The van der Waals surface area contributed by atoms with Gasteiger partial charge in [0.1, 0.15) is 5.82 Å². The summed E-state index contributed by atoms with van der Waals surface area (Å²) in [5.74, 6) is 0.192. The molecule has 0 atom stereocenters. The van der Waals surface area contributed by atoms with Crippen LogP contribution >= 0.6 is 0 Å². The maximum atomic E-state index is 12.6. The molecule has 1 aromatic heterocycles. The number of nitrogens with one attached hydrogen (secondary N) is 3. The van der Waals surface area contributed by atoms with Crippen molar-refractivity contribution in [2.24, 2.45) is 0 Å². The lowest BCUT2D eigenvalue weighted by molar-refractivity contribution is -0.114. The van der Waals surface area contributed by atoms with E-state index in [0.29, 0.717) is 22.8 Å². The van der Waals surface area contributed by atoms with Gasteiger partial charge in [0, 0.05) is 55.5 Å². The molecular weight excluding hydrogens is 366 g/mol. The van der Waals surface area contributed by atoms with Gasteiger partial charge < -0.3 is 20.9 Å². The van der Waals surface area contributed by atoms with Gasteiger partial charge in [-0.15, -0.1) is 0 Å². The largest absolute Gasteiger partial charge is 0.378 e. The average molecular weight is 389 g/mol. The van der Waals surface area contributed by atoms with E-state index in [1.165, 1.54) is 6.92 Å². The number of hydrogen-bond acceptors (Lipinski definition) is 5. The molecule has 0 bridgehead atoms. The molecule has 7 heteroatoms. The molecule has 3 N–H and O–H groups in total. The van der Waals surface area contributed by atoms with Gasteiger partial charge in [-0.05, 0) is 60.7 Å². The van der Waals surface area contributed by atoms with Crippen LogP contribution in [-0.2, 0) is 4.79 Å². The molecule has 1 heterocycles. The molecule has 29 heavy (non-hydrogen) atoms. The molecule has 2 aromatic carbocycles. The Balaban J connectivity index is 1.66. The lowest BCUT2D eigenvalue weighted by Crippen LogP contribution is -2.12. The van der Waals surface area contributed by atoms with Gasteiger partial charge >= 0.3 is 0 Å². The van der Waals surface area contributed by atoms with Crippen LogP contribution in [0.15, 0.2) is 66.9 Å². The molecule has 148 valence electrons. The fourth-order valence-corrected chi connectivity index (χ4v) is 2.67. The molecule has 0 unspecified atom stereocenters. The van der Waals surface area contributed by atoms with Gasteiger partial charge in [-0.25, -0.2) is 4.98 Å². The second-order valence-corrected chi connectivity index (χ2v) is 6.71. The Morgan fingerprint density at radius 1 is 0.828 bits per heavy atom. The minimum atomic E-state index is -0.245. The summed E-state index contributed by atoms with van der Waals surface area (Å²) in [5.41, 5.74) is 3.77. The normalized spacial score (nSPS) is 10.2.